The number of rotatable bonds is 0. The van der Waals surface area contributed by atoms with Crippen LogP contribution < -0.4 is 0 Å². The molecular weight excluding hydrogens is 123 g/mol. The molecule has 0 spiro atoms. The van der Waals surface area contributed by atoms with Crippen LogP contribution in [0.1, 0.15) is 0 Å². The Morgan fingerprint density at radius 1 is 1.25 bits per heavy atom. The monoisotopic (exact) mass is 125 g/mol. The maximum atomic E-state index is 8.28. The molecule has 0 amide bonds. The van der Waals surface area contributed by atoms with Crippen LogP contribution in [-0.4, -0.2) is 21.7 Å². The summed E-state index contributed by atoms with van der Waals surface area (Å²) < 4.78 is 8.28. The molecule has 0 aliphatic carbocycles. The minimum absolute atomic E-state index is 0. The fourth-order valence-corrected chi connectivity index (χ4v) is 0. The molecule has 4 heavy (non-hydrogen) atoms. The second-order valence-corrected chi connectivity index (χ2v) is 0. The van der Waals surface area contributed by atoms with E-state index >= 15 is 0 Å². The summed E-state index contributed by atoms with van der Waals surface area (Å²) in [6.07, 6.45) is 0. The molecular formula is H3AlCuO2. The van der Waals surface area contributed by atoms with Crippen LogP contribution in [0.25, 0.3) is 0 Å². The van der Waals surface area contributed by atoms with Gasteiger partial charge in [0.25, 0.3) is 0 Å². The molecule has 0 bridgehead atoms. The van der Waals surface area contributed by atoms with Crippen LogP contribution in [0, 0.1) is 0 Å². The van der Waals surface area contributed by atoms with Crippen LogP contribution in [-0.2, 0) is 20.9 Å². The van der Waals surface area contributed by atoms with Crippen LogP contribution in [0.4, 0.5) is 0 Å². The van der Waals surface area contributed by atoms with Crippen LogP contribution in [0.2, 0.25) is 0 Å². The van der Waals surface area contributed by atoms with Crippen molar-refractivity contribution >= 4 is 16.2 Å². The molecule has 0 unspecified atom stereocenters. The van der Waals surface area contributed by atoms with E-state index in [4.69, 9.17) is 3.80 Å². The Balaban J connectivity index is -0.00000000500. The van der Waals surface area contributed by atoms with Gasteiger partial charge in [-0.15, -0.1) is 0 Å². The van der Waals surface area contributed by atoms with Crippen molar-refractivity contribution < 1.29 is 26.3 Å². The van der Waals surface area contributed by atoms with Gasteiger partial charge in [-0.05, 0) is 0 Å². The summed E-state index contributed by atoms with van der Waals surface area (Å²) in [6, 6.07) is 0. The molecule has 2 nitrogen and oxygen atoms in total. The molecule has 0 aromatic heterocycles. The van der Waals surface area contributed by atoms with E-state index in [9.17, 15) is 0 Å². The van der Waals surface area contributed by atoms with Crippen LogP contribution in [0.15, 0.2) is 0 Å². The topological polar surface area (TPSA) is 48.6 Å². The first-order chi connectivity index (χ1) is 1.00. The number of hydrogen-bond acceptors (Lipinski definition) is 1. The normalized spacial score (nSPS) is 0.750. The third-order valence-electron chi connectivity index (χ3n) is 0. The maximum absolute atomic E-state index is 8.28. The Kier molecular flexibility index (Phi) is 243. The average Bonchev–Trinajstić information content (AvgIpc) is 1.00. The first kappa shape index (κ1) is 21.3. The molecule has 0 aromatic carbocycles. The molecule has 29 valence electrons. The average molecular weight is 126 g/mol. The summed E-state index contributed by atoms with van der Waals surface area (Å²) in [5, 5.41) is 0. The van der Waals surface area contributed by atoms with Gasteiger partial charge in [-0.2, -0.15) is 0 Å². The first-order valence-electron chi connectivity index (χ1n) is 0.289. The Morgan fingerprint density at radius 3 is 1.25 bits per heavy atom. The van der Waals surface area contributed by atoms with E-state index in [0.717, 1.165) is 0 Å². The van der Waals surface area contributed by atoms with Crippen molar-refractivity contribution in [1.29, 1.82) is 0 Å². The van der Waals surface area contributed by atoms with Gasteiger partial charge in [-0.1, -0.05) is 0 Å². The summed E-state index contributed by atoms with van der Waals surface area (Å²) >= 11 is 0.611. The van der Waals surface area contributed by atoms with E-state index in [0.29, 0.717) is 16.2 Å². The fraction of sp³-hybridized carbons (Fsp3) is 0. The molecule has 0 aliphatic heterocycles. The second-order valence-electron chi connectivity index (χ2n) is 0. The van der Waals surface area contributed by atoms with Crippen LogP contribution in [0.5, 0.6) is 0 Å². The molecule has 0 aliphatic rings. The zero-order valence-electron chi connectivity index (χ0n) is 1.92. The molecule has 0 aromatic rings. The summed E-state index contributed by atoms with van der Waals surface area (Å²) in [4.78, 5) is 0. The Bertz CT molecular complexity index is 6.00. The van der Waals surface area contributed by atoms with Gasteiger partial charge in [0.05, 0.1) is 0 Å². The van der Waals surface area contributed by atoms with Gasteiger partial charge < -0.3 is 5.48 Å². The quantitative estimate of drug-likeness (QED) is 0.360. The van der Waals surface area contributed by atoms with Crippen molar-refractivity contribution in [2.75, 3.05) is 0 Å². The standard InChI is InChI=1S/Al.Cu.H2O.O.H/h;;1H2;;. The summed E-state index contributed by atoms with van der Waals surface area (Å²) in [6.45, 7) is 0. The van der Waals surface area contributed by atoms with Gasteiger partial charge in [-0.25, -0.2) is 0 Å². The van der Waals surface area contributed by atoms with E-state index < -0.39 is 0 Å². The van der Waals surface area contributed by atoms with Gasteiger partial charge in [0.2, 0.25) is 0 Å². The first-order valence-corrected chi connectivity index (χ1v) is 0.866. The summed E-state index contributed by atoms with van der Waals surface area (Å²) in [5.74, 6) is 0. The zero-order valence-corrected chi connectivity index (χ0v) is 4.27. The van der Waals surface area contributed by atoms with E-state index in [2.05, 4.69) is 0 Å². The van der Waals surface area contributed by atoms with E-state index in [1.807, 2.05) is 0 Å². The molecule has 0 atom stereocenters. The van der Waals surface area contributed by atoms with Crippen molar-refractivity contribution in [3.05, 3.63) is 0 Å². The Labute approximate surface area is 43.0 Å². The van der Waals surface area contributed by atoms with Gasteiger partial charge in [0, 0.05) is 17.1 Å². The van der Waals surface area contributed by atoms with Crippen LogP contribution in [0.3, 0.4) is 0 Å². The van der Waals surface area contributed by atoms with Crippen molar-refractivity contribution in [2.45, 2.75) is 0 Å². The SMILES string of the molecule is O.[Cu].[O]=[AlH]. The zero-order chi connectivity index (χ0) is 2.00. The molecule has 0 saturated carbocycles. The fourth-order valence-electron chi connectivity index (χ4n) is 0. The molecule has 2 N–H and O–H groups in total. The van der Waals surface area contributed by atoms with Crippen molar-refractivity contribution in [1.82, 2.24) is 0 Å². The summed E-state index contributed by atoms with van der Waals surface area (Å²) in [5.41, 5.74) is 0. The van der Waals surface area contributed by atoms with Gasteiger partial charge in [-0.3, -0.25) is 0 Å². The third-order valence-corrected chi connectivity index (χ3v) is 0. The minimum atomic E-state index is 0. The van der Waals surface area contributed by atoms with E-state index in [1.165, 1.54) is 0 Å². The predicted molar refractivity (Wildman–Crippen MR) is 11.4 cm³/mol. The van der Waals surface area contributed by atoms with E-state index in [-0.39, 0.29) is 22.5 Å². The molecule has 0 fully saturated rings. The summed E-state index contributed by atoms with van der Waals surface area (Å²) in [7, 11) is 0. The molecule has 0 rings (SSSR count). The predicted octanol–water partition coefficient (Wildman–Crippen LogP) is -1.59. The molecule has 0 heterocycles. The van der Waals surface area contributed by atoms with Crippen molar-refractivity contribution in [2.24, 2.45) is 0 Å². The van der Waals surface area contributed by atoms with E-state index in [1.54, 1.807) is 0 Å². The molecule has 4 heteroatoms. The third kappa shape index (κ3) is 14.0. The van der Waals surface area contributed by atoms with Gasteiger partial charge in [0.15, 0.2) is 0 Å². The second kappa shape index (κ2) is 45.7. The Hall–Kier alpha value is 0.812. The van der Waals surface area contributed by atoms with Gasteiger partial charge in [0.1, 0.15) is 0 Å². The van der Waals surface area contributed by atoms with Gasteiger partial charge >= 0.3 is 20.0 Å². The van der Waals surface area contributed by atoms with Crippen molar-refractivity contribution in [3.63, 3.8) is 0 Å². The van der Waals surface area contributed by atoms with Crippen molar-refractivity contribution in [3.8, 4) is 0 Å². The number of hydrogen-bond donors (Lipinski definition) is 0. The van der Waals surface area contributed by atoms with Crippen LogP contribution >= 0.6 is 0 Å². The Morgan fingerprint density at radius 2 is 1.25 bits per heavy atom. The molecule has 0 saturated heterocycles. The molecule has 1 radical (unpaired) electrons.